The topological polar surface area (TPSA) is 23.0 Å². The van der Waals surface area contributed by atoms with Crippen molar-refractivity contribution in [2.75, 3.05) is 0 Å². The number of hydrogen-bond acceptors (Lipinski definition) is 1. The van der Waals surface area contributed by atoms with Gasteiger partial charge in [-0.15, -0.1) is 0 Å². The summed E-state index contributed by atoms with van der Waals surface area (Å²) in [5.41, 5.74) is 13.4. The second kappa shape index (κ2) is 11.6. The van der Waals surface area contributed by atoms with E-state index in [0.717, 1.165) is 55.5 Å². The summed E-state index contributed by atoms with van der Waals surface area (Å²) in [6.45, 7) is 0. The lowest BCUT2D eigenvalue weighted by Crippen LogP contribution is -1.96. The molecule has 0 atom stereocenters. The van der Waals surface area contributed by atoms with Crippen LogP contribution in [0.25, 0.3) is 110 Å². The average Bonchev–Trinajstić information content (AvgIpc) is 3.90. The molecule has 0 bridgehead atoms. The van der Waals surface area contributed by atoms with Crippen molar-refractivity contribution in [3.63, 3.8) is 0 Å². The molecule has 0 fully saturated rings. The van der Waals surface area contributed by atoms with Crippen LogP contribution in [0.1, 0.15) is 0 Å². The number of hydrogen-bond donors (Lipinski definition) is 0. The summed E-state index contributed by atoms with van der Waals surface area (Å²) in [5, 5.41) is 9.62. The monoisotopic (exact) mass is 700 g/mol. The molecule has 0 N–H and O–H groups in total. The fraction of sp³-hybridized carbons (Fsp3) is 0. The molecule has 0 spiro atoms. The third kappa shape index (κ3) is 4.50. The van der Waals surface area contributed by atoms with E-state index in [0.29, 0.717) is 0 Å². The molecule has 256 valence electrons. The Bertz CT molecular complexity index is 3490. The van der Waals surface area contributed by atoms with Crippen LogP contribution >= 0.6 is 0 Å². The van der Waals surface area contributed by atoms with Gasteiger partial charge in [0.05, 0.1) is 33.1 Å². The van der Waals surface area contributed by atoms with E-state index < -0.39 is 0 Å². The predicted molar refractivity (Wildman–Crippen MR) is 231 cm³/mol. The molecule has 3 nitrogen and oxygen atoms in total. The molecule has 9 aromatic carbocycles. The summed E-state index contributed by atoms with van der Waals surface area (Å²) in [6, 6.07) is 70.3. The third-order valence-corrected chi connectivity index (χ3v) is 11.5. The Labute approximate surface area is 316 Å². The number of nitrogens with zero attached hydrogens (tertiary/aromatic N) is 2. The Balaban J connectivity index is 1.14. The minimum Gasteiger partial charge on any atom is -0.456 e. The molecule has 3 heterocycles. The second-order valence-corrected chi connectivity index (χ2v) is 14.5. The van der Waals surface area contributed by atoms with E-state index in [1.165, 1.54) is 54.5 Å². The Hall–Kier alpha value is -7.36. The summed E-state index contributed by atoms with van der Waals surface area (Å²) in [6.07, 6.45) is 0. The van der Waals surface area contributed by atoms with Crippen molar-refractivity contribution in [1.29, 1.82) is 0 Å². The summed E-state index contributed by atoms with van der Waals surface area (Å²) in [5.74, 6) is 0. The van der Waals surface area contributed by atoms with Gasteiger partial charge in [0.15, 0.2) is 0 Å². The van der Waals surface area contributed by atoms with Crippen LogP contribution < -0.4 is 0 Å². The smallest absolute Gasteiger partial charge is 0.138 e. The number of rotatable bonds is 4. The summed E-state index contributed by atoms with van der Waals surface area (Å²) >= 11 is 0. The van der Waals surface area contributed by atoms with E-state index in [1.807, 2.05) is 0 Å². The van der Waals surface area contributed by atoms with Gasteiger partial charge in [-0.1, -0.05) is 133 Å². The summed E-state index contributed by atoms with van der Waals surface area (Å²) in [7, 11) is 0. The molecule has 0 aliphatic carbocycles. The van der Waals surface area contributed by atoms with Crippen molar-refractivity contribution in [3.8, 4) is 33.6 Å². The van der Waals surface area contributed by atoms with Crippen LogP contribution in [-0.2, 0) is 0 Å². The second-order valence-electron chi connectivity index (χ2n) is 14.5. The number of furan rings is 1. The van der Waals surface area contributed by atoms with E-state index in [2.05, 4.69) is 203 Å². The maximum Gasteiger partial charge on any atom is 0.138 e. The largest absolute Gasteiger partial charge is 0.456 e. The Morgan fingerprint density at radius 2 is 0.855 bits per heavy atom. The van der Waals surface area contributed by atoms with Crippen LogP contribution in [0.5, 0.6) is 0 Å². The quantitative estimate of drug-likeness (QED) is 0.179. The lowest BCUT2D eigenvalue weighted by Gasteiger charge is -2.14. The zero-order chi connectivity index (χ0) is 36.0. The maximum atomic E-state index is 6.66. The highest BCUT2D eigenvalue weighted by Gasteiger charge is 2.21. The van der Waals surface area contributed by atoms with Gasteiger partial charge >= 0.3 is 0 Å². The van der Waals surface area contributed by atoms with Crippen LogP contribution in [0, 0.1) is 0 Å². The van der Waals surface area contributed by atoms with Crippen molar-refractivity contribution < 1.29 is 4.42 Å². The molecule has 3 heteroatoms. The van der Waals surface area contributed by atoms with Crippen molar-refractivity contribution in [2.24, 2.45) is 0 Å². The van der Waals surface area contributed by atoms with Crippen LogP contribution in [0.4, 0.5) is 0 Å². The van der Waals surface area contributed by atoms with Gasteiger partial charge in [0, 0.05) is 32.6 Å². The fourth-order valence-electron chi connectivity index (χ4n) is 8.96. The molecular weight excluding hydrogens is 669 g/mol. The summed E-state index contributed by atoms with van der Waals surface area (Å²) < 4.78 is 11.5. The first-order chi connectivity index (χ1) is 27.3. The van der Waals surface area contributed by atoms with Gasteiger partial charge in [-0.2, -0.15) is 0 Å². The van der Waals surface area contributed by atoms with E-state index in [-0.39, 0.29) is 0 Å². The average molecular weight is 701 g/mol. The zero-order valence-corrected chi connectivity index (χ0v) is 29.8. The standard InChI is InChI=1S/C52H32N2O/c1-2-14-39(15-3-1)53-45-19-9-6-16-40(45)42-26-24-36(29-47(42)53)37-25-27-43-41-17-7-10-20-46(41)54(48(43)30-37)49-31-38(35-23-22-33-12-4-5-13-34(33)28-35)32-51-52(49)44-18-8-11-21-50(44)55-51/h1-32H. The van der Waals surface area contributed by atoms with E-state index in [4.69, 9.17) is 4.42 Å². The highest BCUT2D eigenvalue weighted by Crippen LogP contribution is 2.43. The number of fused-ring (bicyclic) bond motifs is 10. The van der Waals surface area contributed by atoms with Crippen molar-refractivity contribution >= 4 is 76.3 Å². The minimum atomic E-state index is 0.878. The summed E-state index contributed by atoms with van der Waals surface area (Å²) in [4.78, 5) is 0. The van der Waals surface area contributed by atoms with Gasteiger partial charge in [0.1, 0.15) is 11.2 Å². The molecule has 12 rings (SSSR count). The number of para-hydroxylation sites is 4. The first-order valence-electron chi connectivity index (χ1n) is 18.8. The van der Waals surface area contributed by atoms with Gasteiger partial charge in [-0.3, -0.25) is 0 Å². The molecule has 0 saturated carbocycles. The zero-order valence-electron chi connectivity index (χ0n) is 29.8. The van der Waals surface area contributed by atoms with Crippen LogP contribution in [-0.4, -0.2) is 9.13 Å². The molecule has 0 radical (unpaired) electrons. The van der Waals surface area contributed by atoms with Crippen molar-refractivity contribution in [1.82, 2.24) is 9.13 Å². The lowest BCUT2D eigenvalue weighted by molar-refractivity contribution is 0.669. The molecule has 55 heavy (non-hydrogen) atoms. The molecule has 0 saturated heterocycles. The molecule has 0 aliphatic heterocycles. The van der Waals surface area contributed by atoms with Crippen molar-refractivity contribution in [3.05, 3.63) is 194 Å². The highest BCUT2D eigenvalue weighted by molar-refractivity contribution is 6.16. The molecule has 0 amide bonds. The normalized spacial score (nSPS) is 12.0. The Morgan fingerprint density at radius 1 is 0.309 bits per heavy atom. The van der Waals surface area contributed by atoms with Gasteiger partial charge in [-0.25, -0.2) is 0 Å². The fourth-order valence-corrected chi connectivity index (χ4v) is 8.96. The van der Waals surface area contributed by atoms with Crippen LogP contribution in [0.2, 0.25) is 0 Å². The predicted octanol–water partition coefficient (Wildman–Crippen LogP) is 14.3. The number of benzene rings is 9. The number of aromatic nitrogens is 2. The van der Waals surface area contributed by atoms with E-state index >= 15 is 0 Å². The Kier molecular flexibility index (Phi) is 6.34. The van der Waals surface area contributed by atoms with Gasteiger partial charge in [-0.05, 0) is 93.7 Å². The SMILES string of the molecule is c1ccc(-n2c3ccccc3c3ccc(-c4ccc5c6ccccc6n(-c6cc(-c7ccc8ccccc8c7)cc7oc8ccccc8c67)c5c4)cc32)cc1. The molecule has 3 aromatic heterocycles. The van der Waals surface area contributed by atoms with E-state index in [1.54, 1.807) is 0 Å². The van der Waals surface area contributed by atoms with Crippen LogP contribution in [0.15, 0.2) is 199 Å². The molecular formula is C52H32N2O. The van der Waals surface area contributed by atoms with Gasteiger partial charge < -0.3 is 13.6 Å². The van der Waals surface area contributed by atoms with Crippen LogP contribution in [0.3, 0.4) is 0 Å². The third-order valence-electron chi connectivity index (χ3n) is 11.5. The maximum absolute atomic E-state index is 6.66. The van der Waals surface area contributed by atoms with Crippen molar-refractivity contribution in [2.45, 2.75) is 0 Å². The van der Waals surface area contributed by atoms with Gasteiger partial charge in [0.25, 0.3) is 0 Å². The lowest BCUT2D eigenvalue weighted by atomic mass is 9.98. The minimum absolute atomic E-state index is 0.878. The molecule has 0 aliphatic rings. The first-order valence-corrected chi connectivity index (χ1v) is 18.8. The Morgan fingerprint density at radius 3 is 1.60 bits per heavy atom. The first kappa shape index (κ1) is 30.1. The van der Waals surface area contributed by atoms with Gasteiger partial charge in [0.2, 0.25) is 0 Å². The molecule has 0 unspecified atom stereocenters. The highest BCUT2D eigenvalue weighted by atomic mass is 16.3. The molecule has 12 aromatic rings. The van der Waals surface area contributed by atoms with E-state index in [9.17, 15) is 0 Å².